The summed E-state index contributed by atoms with van der Waals surface area (Å²) in [6.45, 7) is 2.40. The molecule has 1 aliphatic heterocycles. The molecule has 0 spiro atoms. The minimum absolute atomic E-state index is 0.515. The second-order valence-corrected chi connectivity index (χ2v) is 5.11. The van der Waals surface area contributed by atoms with Crippen LogP contribution in [0.15, 0.2) is 28.7 Å². The van der Waals surface area contributed by atoms with Gasteiger partial charge in [-0.05, 0) is 36.6 Å². The molecular weight excluding hydrogens is 226 g/mol. The zero-order chi connectivity index (χ0) is 8.89. The van der Waals surface area contributed by atoms with Gasteiger partial charge < -0.3 is 5.32 Å². The molecule has 3 rings (SSSR count). The van der Waals surface area contributed by atoms with Gasteiger partial charge in [0.15, 0.2) is 0 Å². The third kappa shape index (κ3) is 1.09. The molecule has 0 bridgehead atoms. The number of rotatable bonds is 1. The molecule has 1 saturated heterocycles. The minimum atomic E-state index is 0.515. The average Bonchev–Trinajstić information content (AvgIpc) is 2.71. The van der Waals surface area contributed by atoms with Crippen LogP contribution in [0.4, 0.5) is 0 Å². The van der Waals surface area contributed by atoms with E-state index in [0.29, 0.717) is 5.41 Å². The van der Waals surface area contributed by atoms with E-state index in [0.717, 1.165) is 5.92 Å². The van der Waals surface area contributed by atoms with Gasteiger partial charge >= 0.3 is 0 Å². The van der Waals surface area contributed by atoms with Crippen LogP contribution in [-0.4, -0.2) is 13.1 Å². The highest BCUT2D eigenvalue weighted by Crippen LogP contribution is 2.56. The molecule has 0 radical (unpaired) electrons. The summed E-state index contributed by atoms with van der Waals surface area (Å²) in [6, 6.07) is 8.82. The number of benzene rings is 1. The molecule has 2 fully saturated rings. The van der Waals surface area contributed by atoms with Crippen molar-refractivity contribution in [1.29, 1.82) is 0 Å². The van der Waals surface area contributed by atoms with Gasteiger partial charge in [-0.2, -0.15) is 0 Å². The number of halogens is 1. The Balaban J connectivity index is 1.97. The minimum Gasteiger partial charge on any atom is -0.316 e. The normalized spacial score (nSPS) is 35.9. The van der Waals surface area contributed by atoms with Crippen molar-refractivity contribution in [2.75, 3.05) is 13.1 Å². The Morgan fingerprint density at radius 1 is 1.31 bits per heavy atom. The molecule has 2 atom stereocenters. The van der Waals surface area contributed by atoms with E-state index in [1.54, 1.807) is 0 Å². The van der Waals surface area contributed by atoms with Crippen LogP contribution in [0, 0.1) is 5.92 Å². The van der Waals surface area contributed by atoms with Crippen LogP contribution in [0.2, 0.25) is 0 Å². The van der Waals surface area contributed by atoms with Crippen LogP contribution < -0.4 is 5.32 Å². The Morgan fingerprint density at radius 2 is 2.08 bits per heavy atom. The summed E-state index contributed by atoms with van der Waals surface area (Å²) < 4.78 is 1.18. The molecule has 1 N–H and O–H groups in total. The molecule has 1 nitrogen and oxygen atoms in total. The van der Waals surface area contributed by atoms with Gasteiger partial charge in [0.25, 0.3) is 0 Å². The van der Waals surface area contributed by atoms with Crippen LogP contribution in [0.5, 0.6) is 0 Å². The number of piperidine rings is 1. The van der Waals surface area contributed by atoms with Crippen LogP contribution in [0.1, 0.15) is 12.0 Å². The predicted octanol–water partition coefficient (Wildman–Crippen LogP) is 2.31. The lowest BCUT2D eigenvalue weighted by Crippen LogP contribution is -2.18. The number of nitrogens with one attached hydrogen (secondary N) is 1. The zero-order valence-electron chi connectivity index (χ0n) is 7.39. The molecule has 2 aliphatic rings. The standard InChI is InChI=1S/C11H12BrN/c12-10-3-1-8(2-4-10)11-5-9(11)6-13-7-11/h1-4,9,13H,5-7H2/t9-,11?/m0/s1. The molecule has 1 aliphatic carbocycles. The maximum absolute atomic E-state index is 3.47. The fourth-order valence-electron chi connectivity index (χ4n) is 2.57. The van der Waals surface area contributed by atoms with Crippen molar-refractivity contribution < 1.29 is 0 Å². The third-order valence-corrected chi connectivity index (χ3v) is 4.01. The Bertz CT molecular complexity index is 332. The summed E-state index contributed by atoms with van der Waals surface area (Å²) in [5, 5.41) is 3.46. The van der Waals surface area contributed by atoms with Gasteiger partial charge in [0.1, 0.15) is 0 Å². The fourth-order valence-corrected chi connectivity index (χ4v) is 2.84. The summed E-state index contributed by atoms with van der Waals surface area (Å²) >= 11 is 3.47. The predicted molar refractivity (Wildman–Crippen MR) is 56.8 cm³/mol. The third-order valence-electron chi connectivity index (χ3n) is 3.48. The zero-order valence-corrected chi connectivity index (χ0v) is 8.97. The maximum Gasteiger partial charge on any atom is 0.0175 e. The second kappa shape index (κ2) is 2.58. The Labute approximate surface area is 86.7 Å². The first-order valence-corrected chi connectivity index (χ1v) is 5.57. The van der Waals surface area contributed by atoms with E-state index in [-0.39, 0.29) is 0 Å². The van der Waals surface area contributed by atoms with Crippen LogP contribution in [-0.2, 0) is 5.41 Å². The lowest BCUT2D eigenvalue weighted by atomic mass is 9.95. The van der Waals surface area contributed by atoms with Crippen molar-refractivity contribution >= 4 is 15.9 Å². The van der Waals surface area contributed by atoms with Gasteiger partial charge in [-0.25, -0.2) is 0 Å². The van der Waals surface area contributed by atoms with E-state index in [9.17, 15) is 0 Å². The summed E-state index contributed by atoms with van der Waals surface area (Å²) in [7, 11) is 0. The van der Waals surface area contributed by atoms with Gasteiger partial charge in [0.2, 0.25) is 0 Å². The van der Waals surface area contributed by atoms with Crippen LogP contribution in [0.25, 0.3) is 0 Å². The average molecular weight is 238 g/mol. The van der Waals surface area contributed by atoms with Gasteiger partial charge in [-0.15, -0.1) is 0 Å². The molecule has 1 unspecified atom stereocenters. The van der Waals surface area contributed by atoms with Crippen molar-refractivity contribution in [1.82, 2.24) is 5.32 Å². The van der Waals surface area contributed by atoms with Crippen molar-refractivity contribution in [2.24, 2.45) is 5.92 Å². The smallest absolute Gasteiger partial charge is 0.0175 e. The molecule has 1 heterocycles. The monoisotopic (exact) mass is 237 g/mol. The fraction of sp³-hybridized carbons (Fsp3) is 0.455. The lowest BCUT2D eigenvalue weighted by Gasteiger charge is -2.11. The highest BCUT2D eigenvalue weighted by molar-refractivity contribution is 9.10. The summed E-state index contributed by atoms with van der Waals surface area (Å²) in [5.41, 5.74) is 2.03. The van der Waals surface area contributed by atoms with Gasteiger partial charge in [0.05, 0.1) is 0 Å². The largest absolute Gasteiger partial charge is 0.316 e. The highest BCUT2D eigenvalue weighted by Gasteiger charge is 2.57. The van der Waals surface area contributed by atoms with Crippen LogP contribution in [0.3, 0.4) is 0 Å². The SMILES string of the molecule is Brc1ccc(C23CNC[C@@H]2C3)cc1. The number of fused-ring (bicyclic) bond motifs is 1. The summed E-state index contributed by atoms with van der Waals surface area (Å²) in [4.78, 5) is 0. The highest BCUT2D eigenvalue weighted by atomic mass is 79.9. The van der Waals surface area contributed by atoms with E-state index < -0.39 is 0 Å². The Hall–Kier alpha value is -0.340. The van der Waals surface area contributed by atoms with E-state index in [4.69, 9.17) is 0 Å². The van der Waals surface area contributed by atoms with Gasteiger partial charge in [-0.1, -0.05) is 28.1 Å². The van der Waals surface area contributed by atoms with Crippen LogP contribution >= 0.6 is 15.9 Å². The molecule has 1 aromatic carbocycles. The van der Waals surface area contributed by atoms with Crippen molar-refractivity contribution in [2.45, 2.75) is 11.8 Å². The maximum atomic E-state index is 3.47. The van der Waals surface area contributed by atoms with Crippen molar-refractivity contribution in [3.63, 3.8) is 0 Å². The molecule has 68 valence electrons. The van der Waals surface area contributed by atoms with E-state index in [1.807, 2.05) is 0 Å². The number of hydrogen-bond acceptors (Lipinski definition) is 1. The molecule has 0 amide bonds. The number of hydrogen-bond donors (Lipinski definition) is 1. The first-order chi connectivity index (χ1) is 6.31. The Morgan fingerprint density at radius 3 is 2.62 bits per heavy atom. The topological polar surface area (TPSA) is 12.0 Å². The summed E-state index contributed by atoms with van der Waals surface area (Å²) in [6.07, 6.45) is 1.39. The molecule has 13 heavy (non-hydrogen) atoms. The lowest BCUT2D eigenvalue weighted by molar-refractivity contribution is 0.675. The summed E-state index contributed by atoms with van der Waals surface area (Å²) in [5.74, 6) is 0.911. The second-order valence-electron chi connectivity index (χ2n) is 4.19. The first kappa shape index (κ1) is 8.01. The molecule has 0 aromatic heterocycles. The van der Waals surface area contributed by atoms with E-state index >= 15 is 0 Å². The molecular formula is C11H12BrN. The van der Waals surface area contributed by atoms with Gasteiger partial charge in [-0.3, -0.25) is 0 Å². The molecule has 2 heteroatoms. The Kier molecular flexibility index (Phi) is 1.59. The van der Waals surface area contributed by atoms with E-state index in [1.165, 1.54) is 29.5 Å². The molecule has 1 saturated carbocycles. The molecule has 1 aromatic rings. The van der Waals surface area contributed by atoms with Crippen molar-refractivity contribution in [3.05, 3.63) is 34.3 Å². The quantitative estimate of drug-likeness (QED) is 0.791. The first-order valence-electron chi connectivity index (χ1n) is 4.78. The van der Waals surface area contributed by atoms with Crippen molar-refractivity contribution in [3.8, 4) is 0 Å². The van der Waals surface area contributed by atoms with E-state index in [2.05, 4.69) is 45.5 Å². The van der Waals surface area contributed by atoms with Gasteiger partial charge in [0, 0.05) is 16.4 Å².